The van der Waals surface area contributed by atoms with Gasteiger partial charge in [-0.1, -0.05) is 12.1 Å². The van der Waals surface area contributed by atoms with E-state index in [4.69, 9.17) is 4.52 Å². The van der Waals surface area contributed by atoms with Crippen LogP contribution in [0, 0.1) is 24.0 Å². The van der Waals surface area contributed by atoms with Gasteiger partial charge in [-0.15, -0.1) is 0 Å². The van der Waals surface area contributed by atoms with Crippen LogP contribution in [0.4, 0.5) is 11.4 Å². The van der Waals surface area contributed by atoms with Crippen LogP contribution in [0.25, 0.3) is 0 Å². The second-order valence-corrected chi connectivity index (χ2v) is 5.29. The standard InChI is InChI=1S/C15H19N3O4/c1-9(15-10(2)17-22-11(15)3)7-16-13-6-12(8-19)4-5-14(13)18(20)21/h4-6,9,16,19H,7-8H2,1-3H3. The maximum atomic E-state index is 11.1. The Morgan fingerprint density at radius 2 is 2.18 bits per heavy atom. The van der Waals surface area contributed by atoms with E-state index in [0.717, 1.165) is 17.0 Å². The molecular formula is C15H19N3O4. The molecule has 118 valence electrons. The summed E-state index contributed by atoms with van der Waals surface area (Å²) >= 11 is 0. The Morgan fingerprint density at radius 3 is 2.73 bits per heavy atom. The van der Waals surface area contributed by atoms with Gasteiger partial charge in [0, 0.05) is 24.1 Å². The van der Waals surface area contributed by atoms with Crippen LogP contribution in [0.5, 0.6) is 0 Å². The van der Waals surface area contributed by atoms with E-state index in [0.29, 0.717) is 17.8 Å². The molecule has 2 N–H and O–H groups in total. The molecule has 2 aromatic rings. The minimum atomic E-state index is -0.440. The van der Waals surface area contributed by atoms with E-state index >= 15 is 0 Å². The van der Waals surface area contributed by atoms with E-state index < -0.39 is 4.92 Å². The molecule has 0 bridgehead atoms. The SMILES string of the molecule is Cc1noc(C)c1C(C)CNc1cc(CO)ccc1[N+](=O)[O-]. The first-order valence-corrected chi connectivity index (χ1v) is 6.98. The summed E-state index contributed by atoms with van der Waals surface area (Å²) in [5, 5.41) is 27.3. The van der Waals surface area contributed by atoms with Gasteiger partial charge in [-0.05, 0) is 31.5 Å². The zero-order chi connectivity index (χ0) is 16.3. The third-order valence-electron chi connectivity index (χ3n) is 3.62. The van der Waals surface area contributed by atoms with Gasteiger partial charge in [-0.3, -0.25) is 10.1 Å². The smallest absolute Gasteiger partial charge is 0.292 e. The highest BCUT2D eigenvalue weighted by Gasteiger charge is 2.19. The number of aliphatic hydroxyl groups excluding tert-OH is 1. The van der Waals surface area contributed by atoms with Crippen molar-refractivity contribution >= 4 is 11.4 Å². The number of nitrogens with zero attached hydrogens (tertiary/aromatic N) is 2. The van der Waals surface area contributed by atoms with Crippen molar-refractivity contribution in [3.63, 3.8) is 0 Å². The molecule has 1 unspecified atom stereocenters. The highest BCUT2D eigenvalue weighted by atomic mass is 16.6. The summed E-state index contributed by atoms with van der Waals surface area (Å²) in [6.07, 6.45) is 0. The van der Waals surface area contributed by atoms with Crippen molar-refractivity contribution in [2.45, 2.75) is 33.3 Å². The van der Waals surface area contributed by atoms with Crippen molar-refractivity contribution in [1.29, 1.82) is 0 Å². The van der Waals surface area contributed by atoms with Crippen molar-refractivity contribution in [2.24, 2.45) is 0 Å². The van der Waals surface area contributed by atoms with E-state index in [9.17, 15) is 15.2 Å². The fraction of sp³-hybridized carbons (Fsp3) is 0.400. The second-order valence-electron chi connectivity index (χ2n) is 5.29. The molecule has 22 heavy (non-hydrogen) atoms. The average Bonchev–Trinajstić information content (AvgIpc) is 2.83. The third-order valence-corrected chi connectivity index (χ3v) is 3.62. The lowest BCUT2D eigenvalue weighted by molar-refractivity contribution is -0.384. The molecule has 7 nitrogen and oxygen atoms in total. The van der Waals surface area contributed by atoms with Crippen LogP contribution in [0.15, 0.2) is 22.7 Å². The van der Waals surface area contributed by atoms with Gasteiger partial charge < -0.3 is 14.9 Å². The molecule has 0 spiro atoms. The molecule has 1 aromatic carbocycles. The molecule has 7 heteroatoms. The Kier molecular flexibility index (Phi) is 4.77. The number of nitrogens with one attached hydrogen (secondary N) is 1. The number of nitro benzene ring substituents is 1. The van der Waals surface area contributed by atoms with E-state index in [2.05, 4.69) is 10.5 Å². The predicted octanol–water partition coefficient (Wildman–Crippen LogP) is 2.91. The summed E-state index contributed by atoms with van der Waals surface area (Å²) in [5.41, 5.74) is 2.84. The van der Waals surface area contributed by atoms with E-state index in [-0.39, 0.29) is 18.2 Å². The lowest BCUT2D eigenvalue weighted by Crippen LogP contribution is -2.12. The van der Waals surface area contributed by atoms with Gasteiger partial charge >= 0.3 is 0 Å². The number of rotatable bonds is 6. The van der Waals surface area contributed by atoms with Crippen LogP contribution in [-0.2, 0) is 6.61 Å². The highest BCUT2D eigenvalue weighted by Crippen LogP contribution is 2.28. The second kappa shape index (κ2) is 6.57. The molecule has 0 aliphatic carbocycles. The van der Waals surface area contributed by atoms with Crippen LogP contribution in [-0.4, -0.2) is 21.7 Å². The Balaban J connectivity index is 2.18. The molecular weight excluding hydrogens is 286 g/mol. The monoisotopic (exact) mass is 305 g/mol. The van der Waals surface area contributed by atoms with Gasteiger partial charge in [-0.25, -0.2) is 0 Å². The summed E-state index contributed by atoms with van der Waals surface area (Å²) in [6.45, 7) is 6.06. The third kappa shape index (κ3) is 3.25. The molecule has 1 heterocycles. The zero-order valence-corrected chi connectivity index (χ0v) is 12.8. The Labute approximate surface area is 128 Å². The summed E-state index contributed by atoms with van der Waals surface area (Å²) in [5.74, 6) is 0.842. The maximum absolute atomic E-state index is 11.1. The number of hydrogen-bond acceptors (Lipinski definition) is 6. The number of hydrogen-bond donors (Lipinski definition) is 2. The first-order valence-electron chi connectivity index (χ1n) is 6.98. The van der Waals surface area contributed by atoms with Crippen LogP contribution in [0.2, 0.25) is 0 Å². The van der Waals surface area contributed by atoms with Crippen LogP contribution in [0.1, 0.15) is 35.4 Å². The molecule has 0 amide bonds. The Morgan fingerprint density at radius 1 is 1.45 bits per heavy atom. The fourth-order valence-electron chi connectivity index (χ4n) is 2.54. The number of aryl methyl sites for hydroxylation is 2. The van der Waals surface area contributed by atoms with Crippen molar-refractivity contribution in [2.75, 3.05) is 11.9 Å². The largest absolute Gasteiger partial charge is 0.392 e. The van der Waals surface area contributed by atoms with Crippen molar-refractivity contribution in [3.8, 4) is 0 Å². The molecule has 2 rings (SSSR count). The van der Waals surface area contributed by atoms with Crippen LogP contribution >= 0.6 is 0 Å². The topological polar surface area (TPSA) is 101 Å². The molecule has 0 fully saturated rings. The van der Waals surface area contributed by atoms with Crippen molar-refractivity contribution in [1.82, 2.24) is 5.16 Å². The molecule has 0 saturated heterocycles. The molecule has 1 aromatic heterocycles. The lowest BCUT2D eigenvalue weighted by Gasteiger charge is -2.14. The predicted molar refractivity (Wildman–Crippen MR) is 81.9 cm³/mol. The summed E-state index contributed by atoms with van der Waals surface area (Å²) in [6, 6.07) is 4.54. The van der Waals surface area contributed by atoms with Crippen LogP contribution in [0.3, 0.4) is 0 Å². The normalized spacial score (nSPS) is 12.2. The number of aromatic nitrogens is 1. The van der Waals surface area contributed by atoms with Gasteiger partial charge in [-0.2, -0.15) is 0 Å². The quantitative estimate of drug-likeness (QED) is 0.628. The van der Waals surface area contributed by atoms with Gasteiger partial charge in [0.2, 0.25) is 0 Å². The summed E-state index contributed by atoms with van der Waals surface area (Å²) in [4.78, 5) is 10.6. The van der Waals surface area contributed by atoms with Gasteiger partial charge in [0.1, 0.15) is 11.4 Å². The van der Waals surface area contributed by atoms with E-state index in [1.54, 1.807) is 12.1 Å². The van der Waals surface area contributed by atoms with Gasteiger partial charge in [0.05, 0.1) is 17.2 Å². The Bertz CT molecular complexity index is 662. The van der Waals surface area contributed by atoms with Crippen molar-refractivity contribution < 1.29 is 14.6 Å². The number of nitro groups is 1. The van der Waals surface area contributed by atoms with Crippen LogP contribution < -0.4 is 5.32 Å². The van der Waals surface area contributed by atoms with Gasteiger partial charge in [0.15, 0.2) is 0 Å². The number of aliphatic hydroxyl groups is 1. The van der Waals surface area contributed by atoms with E-state index in [1.807, 2.05) is 20.8 Å². The average molecular weight is 305 g/mol. The lowest BCUT2D eigenvalue weighted by atomic mass is 9.99. The summed E-state index contributed by atoms with van der Waals surface area (Å²) in [7, 11) is 0. The molecule has 1 atom stereocenters. The first kappa shape index (κ1) is 16.0. The highest BCUT2D eigenvalue weighted by molar-refractivity contribution is 5.63. The molecule has 0 radical (unpaired) electrons. The van der Waals surface area contributed by atoms with Gasteiger partial charge in [0.25, 0.3) is 5.69 Å². The maximum Gasteiger partial charge on any atom is 0.292 e. The molecule has 0 saturated carbocycles. The minimum absolute atomic E-state index is 0.0110. The molecule has 0 aliphatic rings. The Hall–Kier alpha value is -2.41. The minimum Gasteiger partial charge on any atom is -0.392 e. The van der Waals surface area contributed by atoms with Crippen molar-refractivity contribution in [3.05, 3.63) is 50.9 Å². The number of anilines is 1. The first-order chi connectivity index (χ1) is 10.4. The van der Waals surface area contributed by atoms with E-state index in [1.165, 1.54) is 6.07 Å². The summed E-state index contributed by atoms with van der Waals surface area (Å²) < 4.78 is 5.15. The molecule has 0 aliphatic heterocycles. The zero-order valence-electron chi connectivity index (χ0n) is 12.8. The fourth-order valence-corrected chi connectivity index (χ4v) is 2.54. The number of benzene rings is 1.